The first-order valence-electron chi connectivity index (χ1n) is 9.64. The molecule has 0 aromatic heterocycles. The molecule has 0 N–H and O–H groups in total. The maximum Gasteiger partial charge on any atom is 0.338 e. The van der Waals surface area contributed by atoms with Crippen LogP contribution in [0.3, 0.4) is 0 Å². The van der Waals surface area contributed by atoms with Gasteiger partial charge in [0.05, 0.1) is 15.7 Å². The Kier molecular flexibility index (Phi) is 3.07. The molecule has 0 spiro atoms. The molecule has 5 heteroatoms. The fourth-order valence-corrected chi connectivity index (χ4v) is 8.84. The van der Waals surface area contributed by atoms with Crippen LogP contribution in [0.15, 0.2) is 65.6 Å². The van der Waals surface area contributed by atoms with Crippen molar-refractivity contribution in [3.05, 3.63) is 66.2 Å². The summed E-state index contributed by atoms with van der Waals surface area (Å²) in [6.07, 6.45) is 0.627. The van der Waals surface area contributed by atoms with E-state index in [1.54, 1.807) is 36.4 Å². The zero-order valence-corrected chi connectivity index (χ0v) is 15.5. The van der Waals surface area contributed by atoms with Gasteiger partial charge < -0.3 is 4.74 Å². The van der Waals surface area contributed by atoms with Crippen LogP contribution >= 0.6 is 0 Å². The van der Waals surface area contributed by atoms with E-state index in [1.807, 2.05) is 24.3 Å². The lowest BCUT2D eigenvalue weighted by Crippen LogP contribution is -2.30. The van der Waals surface area contributed by atoms with Crippen LogP contribution in [-0.2, 0) is 14.6 Å². The average molecular weight is 380 g/mol. The van der Waals surface area contributed by atoms with Crippen LogP contribution in [0.2, 0.25) is 0 Å². The van der Waals surface area contributed by atoms with E-state index in [-0.39, 0.29) is 29.2 Å². The number of rotatable bonds is 4. The molecule has 5 saturated carbocycles. The molecule has 6 bridgehead atoms. The summed E-state index contributed by atoms with van der Waals surface area (Å²) in [7, 11) is -3.33. The molecular formula is C22H20O4S. The predicted octanol–water partition coefficient (Wildman–Crippen LogP) is 3.20. The highest BCUT2D eigenvalue weighted by Crippen LogP contribution is 2.82. The molecule has 7 rings (SSSR count). The van der Waals surface area contributed by atoms with Crippen molar-refractivity contribution in [3.8, 4) is 0 Å². The smallest absolute Gasteiger partial charge is 0.338 e. The molecule has 4 nitrogen and oxygen atoms in total. The Hall–Kier alpha value is -2.14. The molecule has 0 unspecified atom stereocenters. The number of benzene rings is 2. The Morgan fingerprint density at radius 3 is 2.15 bits per heavy atom. The molecule has 0 radical (unpaired) electrons. The zero-order chi connectivity index (χ0) is 18.3. The summed E-state index contributed by atoms with van der Waals surface area (Å²) in [5, 5.41) is -0.318. The van der Waals surface area contributed by atoms with Gasteiger partial charge in [-0.1, -0.05) is 36.4 Å². The molecule has 0 aliphatic heterocycles. The number of hydrogen-bond donors (Lipinski definition) is 0. The van der Waals surface area contributed by atoms with Crippen molar-refractivity contribution in [2.75, 3.05) is 0 Å². The third-order valence-corrected chi connectivity index (χ3v) is 9.72. The molecule has 2 aromatic rings. The standard InChI is InChI=1S/C22H20O4S/c23-22(12-7-3-1-4-8-12)26-21-17-14-11-15(18(17)19-16(14)20(19)21)27(24,25)13-9-5-2-6-10-13/h1-10,14-21H,11H2/t14-,15+,16-,17+,18-,19-,20-,21+/m0/s1. The first kappa shape index (κ1) is 15.9. The Morgan fingerprint density at radius 2 is 1.48 bits per heavy atom. The molecule has 138 valence electrons. The van der Waals surface area contributed by atoms with Gasteiger partial charge in [0.15, 0.2) is 9.84 Å². The molecule has 0 heterocycles. The maximum atomic E-state index is 13.2. The number of carbonyl (C=O) groups is 1. The van der Waals surface area contributed by atoms with Gasteiger partial charge in [-0.25, -0.2) is 13.2 Å². The Balaban J connectivity index is 1.27. The predicted molar refractivity (Wildman–Crippen MR) is 98.6 cm³/mol. The molecule has 27 heavy (non-hydrogen) atoms. The van der Waals surface area contributed by atoms with Gasteiger partial charge in [-0.2, -0.15) is 0 Å². The minimum absolute atomic E-state index is 0.0984. The SMILES string of the molecule is O=C(O[C@H]1[C@H]2[C@H]3[C@@H]4C[C@@H](S(=O)(=O)c5ccccc5)[C@H]([C@H]32)[C@@H]41)c1ccccc1. The molecule has 5 aliphatic rings. The monoisotopic (exact) mass is 380 g/mol. The second-order valence-corrected chi connectivity index (χ2v) is 10.6. The van der Waals surface area contributed by atoms with E-state index in [2.05, 4.69) is 0 Å². The first-order chi connectivity index (χ1) is 13.1. The van der Waals surface area contributed by atoms with E-state index in [4.69, 9.17) is 4.74 Å². The summed E-state index contributed by atoms with van der Waals surface area (Å²) in [6.45, 7) is 0. The molecule has 0 amide bonds. The van der Waals surface area contributed by atoms with Crippen LogP contribution in [0.1, 0.15) is 16.8 Å². The van der Waals surface area contributed by atoms with Gasteiger partial charge in [-0.05, 0) is 54.4 Å². The Labute approximate surface area is 158 Å². The van der Waals surface area contributed by atoms with Crippen molar-refractivity contribution in [2.45, 2.75) is 22.7 Å². The van der Waals surface area contributed by atoms with E-state index in [9.17, 15) is 13.2 Å². The van der Waals surface area contributed by atoms with Crippen LogP contribution in [0.25, 0.3) is 0 Å². The van der Waals surface area contributed by atoms with Gasteiger partial charge in [0.2, 0.25) is 0 Å². The average Bonchev–Trinajstić information content (AvgIpc) is 2.93. The summed E-state index contributed by atoms with van der Waals surface area (Å²) in [6, 6.07) is 17.9. The Bertz CT molecular complexity index is 1020. The highest BCUT2D eigenvalue weighted by atomic mass is 32.2. The van der Waals surface area contributed by atoms with Gasteiger partial charge in [0, 0.05) is 11.8 Å². The summed E-state index contributed by atoms with van der Waals surface area (Å²) < 4.78 is 32.3. The first-order valence-corrected chi connectivity index (χ1v) is 11.2. The highest BCUT2D eigenvalue weighted by Gasteiger charge is 2.84. The third kappa shape index (κ3) is 1.98. The number of ether oxygens (including phenoxy) is 1. The van der Waals surface area contributed by atoms with Crippen molar-refractivity contribution < 1.29 is 17.9 Å². The van der Waals surface area contributed by atoms with Crippen LogP contribution in [0.4, 0.5) is 0 Å². The number of sulfone groups is 1. The lowest BCUT2D eigenvalue weighted by atomic mass is 9.99. The normalized spacial score (nSPS) is 40.1. The lowest BCUT2D eigenvalue weighted by molar-refractivity contribution is 0.0174. The highest BCUT2D eigenvalue weighted by molar-refractivity contribution is 7.92. The third-order valence-electron chi connectivity index (χ3n) is 7.49. The second-order valence-electron chi connectivity index (χ2n) is 8.42. The summed E-state index contributed by atoms with van der Waals surface area (Å²) in [5.74, 6) is 1.91. The summed E-state index contributed by atoms with van der Waals surface area (Å²) in [5.41, 5.74) is 0.569. The summed E-state index contributed by atoms with van der Waals surface area (Å²) >= 11 is 0. The van der Waals surface area contributed by atoms with Crippen LogP contribution in [0, 0.1) is 35.5 Å². The van der Waals surface area contributed by atoms with Crippen LogP contribution in [-0.4, -0.2) is 25.7 Å². The second kappa shape index (κ2) is 5.22. The maximum absolute atomic E-state index is 13.2. The van der Waals surface area contributed by atoms with Crippen molar-refractivity contribution in [2.24, 2.45) is 35.5 Å². The molecule has 8 atom stereocenters. The quantitative estimate of drug-likeness (QED) is 0.765. The Morgan fingerprint density at radius 1 is 0.815 bits per heavy atom. The molecular weight excluding hydrogens is 360 g/mol. The van der Waals surface area contributed by atoms with Crippen LogP contribution in [0.5, 0.6) is 0 Å². The van der Waals surface area contributed by atoms with Gasteiger partial charge in [0.25, 0.3) is 0 Å². The molecule has 5 aliphatic carbocycles. The number of hydrogen-bond acceptors (Lipinski definition) is 4. The van der Waals surface area contributed by atoms with Gasteiger partial charge >= 0.3 is 5.97 Å². The van der Waals surface area contributed by atoms with E-state index in [1.165, 1.54) is 0 Å². The number of esters is 1. The fourth-order valence-electron chi connectivity index (χ4n) is 6.70. The molecule has 5 fully saturated rings. The zero-order valence-electron chi connectivity index (χ0n) is 14.6. The van der Waals surface area contributed by atoms with Crippen molar-refractivity contribution in [1.29, 1.82) is 0 Å². The molecule has 2 aromatic carbocycles. The topological polar surface area (TPSA) is 60.4 Å². The van der Waals surface area contributed by atoms with Gasteiger partial charge in [-0.15, -0.1) is 0 Å². The van der Waals surface area contributed by atoms with E-state index in [0.29, 0.717) is 34.1 Å². The van der Waals surface area contributed by atoms with E-state index < -0.39 is 9.84 Å². The fraction of sp³-hybridized carbons (Fsp3) is 0.409. The number of carbonyl (C=O) groups excluding carboxylic acids is 1. The largest absolute Gasteiger partial charge is 0.458 e. The van der Waals surface area contributed by atoms with Gasteiger partial charge in [0.1, 0.15) is 6.10 Å². The van der Waals surface area contributed by atoms with Crippen molar-refractivity contribution in [3.63, 3.8) is 0 Å². The van der Waals surface area contributed by atoms with Gasteiger partial charge in [-0.3, -0.25) is 0 Å². The van der Waals surface area contributed by atoms with E-state index >= 15 is 0 Å². The molecule has 0 saturated heterocycles. The minimum atomic E-state index is -3.33. The lowest BCUT2D eigenvalue weighted by Gasteiger charge is -2.22. The minimum Gasteiger partial charge on any atom is -0.458 e. The van der Waals surface area contributed by atoms with Crippen molar-refractivity contribution >= 4 is 15.8 Å². The van der Waals surface area contributed by atoms with Crippen molar-refractivity contribution in [1.82, 2.24) is 0 Å². The van der Waals surface area contributed by atoms with Crippen LogP contribution < -0.4 is 0 Å². The summed E-state index contributed by atoms with van der Waals surface area (Å²) in [4.78, 5) is 12.9. The van der Waals surface area contributed by atoms with E-state index in [0.717, 1.165) is 6.42 Å².